The Morgan fingerprint density at radius 3 is 2.41 bits per heavy atom. The van der Waals surface area contributed by atoms with Gasteiger partial charge in [-0.25, -0.2) is 0 Å². The third-order valence-corrected chi connectivity index (χ3v) is 5.46. The predicted octanol–water partition coefficient (Wildman–Crippen LogP) is -0.311. The largest absolute Gasteiger partial charge is 0.507 e. The van der Waals surface area contributed by atoms with Crippen molar-refractivity contribution in [1.82, 2.24) is 0 Å². The van der Waals surface area contributed by atoms with Crippen LogP contribution in [-0.2, 0) is 4.74 Å². The van der Waals surface area contributed by atoms with Gasteiger partial charge in [0.2, 0.25) is 0 Å². The van der Waals surface area contributed by atoms with Gasteiger partial charge in [-0.3, -0.25) is 4.79 Å². The molecule has 11 nitrogen and oxygen atoms in total. The van der Waals surface area contributed by atoms with E-state index in [-0.39, 0.29) is 35.0 Å². The van der Waals surface area contributed by atoms with Gasteiger partial charge in [-0.05, 0) is 17.7 Å². The highest BCUT2D eigenvalue weighted by Crippen LogP contribution is 2.43. The van der Waals surface area contributed by atoms with E-state index < -0.39 is 54.9 Å². The molecule has 2 aliphatic heterocycles. The summed E-state index contributed by atoms with van der Waals surface area (Å²) in [5.74, 6) is -1.74. The Hall–Kier alpha value is -3.09. The second-order valence-electron chi connectivity index (χ2n) is 7.61. The van der Waals surface area contributed by atoms with Crippen LogP contribution in [0.15, 0.2) is 30.3 Å². The van der Waals surface area contributed by atoms with Gasteiger partial charge in [0, 0.05) is 12.1 Å². The minimum Gasteiger partial charge on any atom is -0.507 e. The Bertz CT molecular complexity index is 1020. The summed E-state index contributed by atoms with van der Waals surface area (Å²) in [5, 5.41) is 69.0. The molecule has 0 radical (unpaired) electrons. The fraction of sp³-hybridized carbons (Fsp3) is 0.381. The summed E-state index contributed by atoms with van der Waals surface area (Å²) in [5.41, 5.74) is 0.327. The number of rotatable bonds is 4. The zero-order valence-corrected chi connectivity index (χ0v) is 16.5. The summed E-state index contributed by atoms with van der Waals surface area (Å²) in [6, 6.07) is 6.34. The highest BCUT2D eigenvalue weighted by Gasteiger charge is 2.45. The van der Waals surface area contributed by atoms with Crippen LogP contribution in [0.3, 0.4) is 0 Å². The average Bonchev–Trinajstić information content (AvgIpc) is 2.75. The van der Waals surface area contributed by atoms with E-state index in [9.17, 15) is 35.4 Å². The van der Waals surface area contributed by atoms with Gasteiger partial charge in [-0.1, -0.05) is 6.07 Å². The Morgan fingerprint density at radius 2 is 1.72 bits per heavy atom. The number of hydrogen-bond acceptors (Lipinski definition) is 11. The number of aliphatic hydroxyl groups is 4. The van der Waals surface area contributed by atoms with E-state index in [0.717, 1.165) is 6.07 Å². The Morgan fingerprint density at radius 1 is 0.969 bits per heavy atom. The fourth-order valence-corrected chi connectivity index (χ4v) is 3.77. The molecule has 0 amide bonds. The van der Waals surface area contributed by atoms with Crippen LogP contribution in [0, 0.1) is 0 Å². The summed E-state index contributed by atoms with van der Waals surface area (Å²) >= 11 is 0. The molecule has 2 aromatic rings. The predicted molar refractivity (Wildman–Crippen MR) is 105 cm³/mol. The Kier molecular flexibility index (Phi) is 5.84. The van der Waals surface area contributed by atoms with Gasteiger partial charge in [0.25, 0.3) is 0 Å². The Labute approximate surface area is 181 Å². The number of benzene rings is 2. The van der Waals surface area contributed by atoms with Gasteiger partial charge in [0.15, 0.2) is 29.7 Å². The summed E-state index contributed by atoms with van der Waals surface area (Å²) < 4.78 is 16.4. The molecule has 0 aromatic heterocycles. The minimum atomic E-state index is -1.70. The molecule has 11 heteroatoms. The van der Waals surface area contributed by atoms with E-state index in [1.807, 2.05) is 0 Å². The first-order chi connectivity index (χ1) is 15.2. The number of carbonyl (C=O) groups is 1. The molecule has 2 aliphatic rings. The lowest BCUT2D eigenvalue weighted by Crippen LogP contribution is -2.60. The molecule has 0 bridgehead atoms. The van der Waals surface area contributed by atoms with Crippen molar-refractivity contribution in [2.24, 2.45) is 0 Å². The maximum absolute atomic E-state index is 12.6. The summed E-state index contributed by atoms with van der Waals surface area (Å²) in [6.07, 6.45) is -8.48. The number of fused-ring (bicyclic) bond motifs is 1. The number of aromatic hydroxyl groups is 3. The Balaban J connectivity index is 1.60. The molecule has 0 spiro atoms. The first-order valence-electron chi connectivity index (χ1n) is 9.75. The molecule has 0 aliphatic carbocycles. The lowest BCUT2D eigenvalue weighted by Gasteiger charge is -2.39. The van der Waals surface area contributed by atoms with Crippen LogP contribution in [0.1, 0.15) is 28.4 Å². The zero-order chi connectivity index (χ0) is 23.2. The molecule has 1 fully saturated rings. The van der Waals surface area contributed by atoms with Crippen molar-refractivity contribution in [2.75, 3.05) is 6.61 Å². The van der Waals surface area contributed by atoms with Crippen LogP contribution in [-0.4, -0.2) is 78.8 Å². The minimum absolute atomic E-state index is 0.0386. The van der Waals surface area contributed by atoms with Crippen LogP contribution in [0.2, 0.25) is 0 Å². The van der Waals surface area contributed by atoms with Gasteiger partial charge in [-0.2, -0.15) is 0 Å². The maximum Gasteiger partial charge on any atom is 0.195 e. The third kappa shape index (κ3) is 3.92. The fourth-order valence-electron chi connectivity index (χ4n) is 3.77. The van der Waals surface area contributed by atoms with Crippen molar-refractivity contribution >= 4 is 5.78 Å². The maximum atomic E-state index is 12.6. The van der Waals surface area contributed by atoms with Crippen molar-refractivity contribution in [1.29, 1.82) is 0 Å². The number of phenolic OH excluding ortho intramolecular Hbond substituents is 3. The normalized spacial score (nSPS) is 29.8. The zero-order valence-electron chi connectivity index (χ0n) is 16.5. The van der Waals surface area contributed by atoms with E-state index in [0.29, 0.717) is 5.56 Å². The van der Waals surface area contributed by atoms with Gasteiger partial charge in [-0.15, -0.1) is 0 Å². The summed E-state index contributed by atoms with van der Waals surface area (Å²) in [4.78, 5) is 12.6. The van der Waals surface area contributed by atoms with Crippen molar-refractivity contribution in [3.63, 3.8) is 0 Å². The number of ether oxygens (including phenoxy) is 3. The molecule has 2 aromatic carbocycles. The molecule has 32 heavy (non-hydrogen) atoms. The van der Waals surface area contributed by atoms with Crippen LogP contribution in [0.5, 0.6) is 28.7 Å². The molecular weight excluding hydrogens is 428 g/mol. The second-order valence-corrected chi connectivity index (χ2v) is 7.61. The lowest BCUT2D eigenvalue weighted by molar-refractivity contribution is -0.280. The molecule has 2 heterocycles. The highest BCUT2D eigenvalue weighted by molar-refractivity contribution is 6.02. The van der Waals surface area contributed by atoms with Crippen molar-refractivity contribution in [3.05, 3.63) is 41.5 Å². The smallest absolute Gasteiger partial charge is 0.195 e. The monoisotopic (exact) mass is 450 g/mol. The van der Waals surface area contributed by atoms with E-state index in [4.69, 9.17) is 19.3 Å². The molecule has 0 saturated carbocycles. The van der Waals surface area contributed by atoms with E-state index in [1.165, 1.54) is 24.3 Å². The van der Waals surface area contributed by atoms with Gasteiger partial charge < -0.3 is 50.0 Å². The summed E-state index contributed by atoms with van der Waals surface area (Å²) in [6.45, 7) is -0.633. The molecule has 172 valence electrons. The number of hydrogen-bond donors (Lipinski definition) is 7. The molecule has 6 atom stereocenters. The van der Waals surface area contributed by atoms with E-state index in [2.05, 4.69) is 0 Å². The van der Waals surface area contributed by atoms with Gasteiger partial charge in [0.1, 0.15) is 47.2 Å². The average molecular weight is 450 g/mol. The van der Waals surface area contributed by atoms with Crippen molar-refractivity contribution in [3.8, 4) is 28.7 Å². The van der Waals surface area contributed by atoms with E-state index in [1.54, 1.807) is 0 Å². The number of Topliss-reactive ketones (excluding diaryl/α,β-unsaturated/α-hetero) is 1. The molecular formula is C21H22O11. The van der Waals surface area contributed by atoms with Gasteiger partial charge in [0.05, 0.1) is 13.0 Å². The first-order valence-corrected chi connectivity index (χ1v) is 9.75. The lowest BCUT2D eigenvalue weighted by atomic mass is 9.95. The number of phenols is 3. The second kappa shape index (κ2) is 8.45. The molecule has 4 rings (SSSR count). The van der Waals surface area contributed by atoms with Crippen LogP contribution in [0.25, 0.3) is 0 Å². The SMILES string of the molecule is O=C1CC(c2ccc(O)c(O)c2)Oc2cc(OC3C(O)OC(CO)C(O)C3O)cc(O)c21. The van der Waals surface area contributed by atoms with Crippen LogP contribution in [0.4, 0.5) is 0 Å². The highest BCUT2D eigenvalue weighted by atomic mass is 16.7. The van der Waals surface area contributed by atoms with Crippen molar-refractivity contribution in [2.45, 2.75) is 43.2 Å². The van der Waals surface area contributed by atoms with Crippen molar-refractivity contribution < 1.29 is 54.8 Å². The summed E-state index contributed by atoms with van der Waals surface area (Å²) in [7, 11) is 0. The van der Waals surface area contributed by atoms with Crippen LogP contribution < -0.4 is 9.47 Å². The first kappa shape index (κ1) is 22.1. The molecule has 1 saturated heterocycles. The number of ketones is 1. The third-order valence-electron chi connectivity index (χ3n) is 5.46. The quantitative estimate of drug-likeness (QED) is 0.303. The van der Waals surface area contributed by atoms with E-state index >= 15 is 0 Å². The number of carbonyl (C=O) groups excluding carboxylic acids is 1. The molecule has 6 unspecified atom stereocenters. The topological polar surface area (TPSA) is 186 Å². The number of aliphatic hydroxyl groups excluding tert-OH is 4. The van der Waals surface area contributed by atoms with Gasteiger partial charge >= 0.3 is 0 Å². The molecule has 7 N–H and O–H groups in total. The standard InChI is InChI=1S/C21H22O11/c22-7-16-18(27)19(28)20(21(29)32-16)30-9-4-12(25)17-13(26)6-14(31-15(17)5-9)8-1-2-10(23)11(24)3-8/h1-5,14,16,18-25,27-29H,6-7H2. The van der Waals surface area contributed by atoms with Crippen LogP contribution >= 0.6 is 0 Å².